The Bertz CT molecular complexity index is 1370. The first-order valence-electron chi connectivity index (χ1n) is 9.75. The number of anilines is 1. The minimum absolute atomic E-state index is 0.0373. The minimum atomic E-state index is -0.0373. The van der Waals surface area contributed by atoms with Crippen molar-refractivity contribution in [2.45, 2.75) is 20.1 Å². The lowest BCUT2D eigenvalue weighted by Crippen LogP contribution is -2.04. The van der Waals surface area contributed by atoms with Gasteiger partial charge in [0.15, 0.2) is 17.3 Å². The van der Waals surface area contributed by atoms with Gasteiger partial charge in [0.25, 0.3) is 0 Å². The Morgan fingerprint density at radius 3 is 2.48 bits per heavy atom. The first kappa shape index (κ1) is 18.8. The van der Waals surface area contributed by atoms with E-state index < -0.39 is 0 Å². The molecular formula is C21H19N9O. The fourth-order valence-electron chi connectivity index (χ4n) is 3.34. The summed E-state index contributed by atoms with van der Waals surface area (Å²) >= 11 is 0. The molecule has 4 heterocycles. The number of rotatable bonds is 5. The second-order valence-electron chi connectivity index (χ2n) is 6.84. The van der Waals surface area contributed by atoms with Gasteiger partial charge < -0.3 is 10.8 Å². The van der Waals surface area contributed by atoms with Crippen LogP contribution in [0.2, 0.25) is 0 Å². The minimum Gasteiger partial charge on any atom is -0.392 e. The number of aliphatic hydroxyl groups excluding tert-OH is 1. The van der Waals surface area contributed by atoms with Crippen molar-refractivity contribution in [3.63, 3.8) is 0 Å². The second-order valence-corrected chi connectivity index (χ2v) is 6.84. The molecule has 0 spiro atoms. The SMILES string of the molecule is CCn1ncc(-c2ccc3nc(-c4nccnc4N)n(-c4ccc(CO)cc4)c3n2)n1. The monoisotopic (exact) mass is 413 g/mol. The van der Waals surface area contributed by atoms with E-state index in [0.29, 0.717) is 40.6 Å². The van der Waals surface area contributed by atoms with Crippen molar-refractivity contribution in [3.8, 4) is 28.6 Å². The zero-order chi connectivity index (χ0) is 21.4. The number of nitrogens with zero attached hydrogens (tertiary/aromatic N) is 8. The van der Waals surface area contributed by atoms with Gasteiger partial charge in [-0.15, -0.1) is 0 Å². The summed E-state index contributed by atoms with van der Waals surface area (Å²) in [6.45, 7) is 2.61. The Kier molecular flexibility index (Phi) is 4.60. The number of hydrogen-bond donors (Lipinski definition) is 2. The maximum absolute atomic E-state index is 9.40. The zero-order valence-electron chi connectivity index (χ0n) is 16.7. The summed E-state index contributed by atoms with van der Waals surface area (Å²) in [6.07, 6.45) is 4.80. The summed E-state index contributed by atoms with van der Waals surface area (Å²) in [6, 6.07) is 11.2. The van der Waals surface area contributed by atoms with Gasteiger partial charge in [0.1, 0.15) is 16.9 Å². The van der Waals surface area contributed by atoms with Gasteiger partial charge in [-0.25, -0.2) is 19.9 Å². The summed E-state index contributed by atoms with van der Waals surface area (Å²) in [4.78, 5) is 19.7. The number of aliphatic hydroxyl groups is 1. The van der Waals surface area contributed by atoms with E-state index >= 15 is 0 Å². The molecule has 0 fully saturated rings. The van der Waals surface area contributed by atoms with E-state index in [1.807, 2.05) is 47.9 Å². The molecule has 0 unspecified atom stereocenters. The van der Waals surface area contributed by atoms with Gasteiger partial charge in [-0.2, -0.15) is 15.0 Å². The molecule has 31 heavy (non-hydrogen) atoms. The molecule has 0 aliphatic rings. The molecule has 10 nitrogen and oxygen atoms in total. The number of imidazole rings is 1. The number of pyridine rings is 1. The molecule has 0 radical (unpaired) electrons. The summed E-state index contributed by atoms with van der Waals surface area (Å²) in [5.74, 6) is 0.802. The average molecular weight is 413 g/mol. The maximum Gasteiger partial charge on any atom is 0.169 e. The lowest BCUT2D eigenvalue weighted by molar-refractivity contribution is 0.282. The number of nitrogen functional groups attached to an aromatic ring is 1. The van der Waals surface area contributed by atoms with Gasteiger partial charge in [-0.1, -0.05) is 12.1 Å². The first-order valence-corrected chi connectivity index (χ1v) is 9.75. The van der Waals surface area contributed by atoms with Crippen molar-refractivity contribution in [3.05, 3.63) is 60.6 Å². The van der Waals surface area contributed by atoms with Gasteiger partial charge in [-0.3, -0.25) is 4.57 Å². The van der Waals surface area contributed by atoms with E-state index in [-0.39, 0.29) is 12.4 Å². The number of benzene rings is 1. The van der Waals surface area contributed by atoms with Gasteiger partial charge >= 0.3 is 0 Å². The van der Waals surface area contributed by atoms with Crippen molar-refractivity contribution < 1.29 is 5.11 Å². The lowest BCUT2D eigenvalue weighted by Gasteiger charge is -2.10. The van der Waals surface area contributed by atoms with E-state index in [2.05, 4.69) is 20.2 Å². The molecule has 0 bridgehead atoms. The van der Waals surface area contributed by atoms with E-state index in [9.17, 15) is 5.11 Å². The first-order chi connectivity index (χ1) is 15.2. The third-order valence-electron chi connectivity index (χ3n) is 4.90. The maximum atomic E-state index is 9.40. The Balaban J connectivity index is 1.76. The van der Waals surface area contributed by atoms with Crippen LogP contribution in [0, 0.1) is 0 Å². The summed E-state index contributed by atoms with van der Waals surface area (Å²) in [5, 5.41) is 18.1. The van der Waals surface area contributed by atoms with Gasteiger partial charge in [0.05, 0.1) is 25.0 Å². The third-order valence-corrected chi connectivity index (χ3v) is 4.90. The number of fused-ring (bicyclic) bond motifs is 1. The van der Waals surface area contributed by atoms with Gasteiger partial charge in [0.2, 0.25) is 0 Å². The molecule has 154 valence electrons. The highest BCUT2D eigenvalue weighted by molar-refractivity contribution is 5.83. The molecule has 5 aromatic rings. The average Bonchev–Trinajstić information content (AvgIpc) is 3.44. The lowest BCUT2D eigenvalue weighted by atomic mass is 10.2. The highest BCUT2D eigenvalue weighted by Crippen LogP contribution is 2.30. The fraction of sp³-hybridized carbons (Fsp3) is 0.143. The van der Waals surface area contributed by atoms with E-state index in [0.717, 1.165) is 11.3 Å². The molecule has 0 amide bonds. The smallest absolute Gasteiger partial charge is 0.169 e. The van der Waals surface area contributed by atoms with Crippen LogP contribution in [0.1, 0.15) is 12.5 Å². The van der Waals surface area contributed by atoms with Crippen LogP contribution >= 0.6 is 0 Å². The van der Waals surface area contributed by atoms with Crippen LogP contribution in [0.3, 0.4) is 0 Å². The normalized spacial score (nSPS) is 11.3. The van der Waals surface area contributed by atoms with Crippen molar-refractivity contribution in [1.29, 1.82) is 0 Å². The molecule has 4 aromatic heterocycles. The topological polar surface area (TPSA) is 133 Å². The molecule has 0 saturated heterocycles. The molecule has 0 atom stereocenters. The highest BCUT2D eigenvalue weighted by Gasteiger charge is 2.20. The van der Waals surface area contributed by atoms with Crippen LogP contribution in [0.25, 0.3) is 39.8 Å². The Hall–Kier alpha value is -4.18. The largest absolute Gasteiger partial charge is 0.392 e. The van der Waals surface area contributed by atoms with Crippen molar-refractivity contribution in [2.24, 2.45) is 0 Å². The molecule has 10 heteroatoms. The quantitative estimate of drug-likeness (QED) is 0.448. The Morgan fingerprint density at radius 1 is 0.968 bits per heavy atom. The third kappa shape index (κ3) is 3.28. The number of aromatic nitrogens is 8. The number of hydrogen-bond acceptors (Lipinski definition) is 8. The van der Waals surface area contributed by atoms with Gasteiger partial charge in [-0.05, 0) is 36.8 Å². The van der Waals surface area contributed by atoms with Crippen molar-refractivity contribution in [2.75, 3.05) is 5.73 Å². The predicted octanol–water partition coefficient (Wildman–Crippen LogP) is 2.23. The standard InChI is InChI=1S/C21H19N9O/c1-2-29-25-11-17(28-29)15-7-8-16-20(26-15)30(14-5-3-13(12-31)4-6-14)21(27-16)18-19(22)24-10-9-23-18/h3-11,31H,2,12H2,1H3,(H2,22,24). The molecule has 0 aliphatic carbocycles. The molecule has 0 saturated carbocycles. The zero-order valence-corrected chi connectivity index (χ0v) is 16.7. The number of nitrogens with two attached hydrogens (primary N) is 1. The molecule has 3 N–H and O–H groups in total. The van der Waals surface area contributed by atoms with Crippen molar-refractivity contribution in [1.82, 2.24) is 39.5 Å². The Labute approximate surface area is 177 Å². The number of aryl methyl sites for hydroxylation is 1. The highest BCUT2D eigenvalue weighted by atomic mass is 16.3. The van der Waals surface area contributed by atoms with E-state index in [1.54, 1.807) is 17.2 Å². The van der Waals surface area contributed by atoms with Crippen LogP contribution in [0.5, 0.6) is 0 Å². The molecule has 0 aliphatic heterocycles. The Morgan fingerprint density at radius 2 is 1.77 bits per heavy atom. The van der Waals surface area contributed by atoms with Crippen LogP contribution in [-0.4, -0.2) is 44.6 Å². The van der Waals surface area contributed by atoms with Crippen molar-refractivity contribution >= 4 is 17.0 Å². The van der Waals surface area contributed by atoms with Crippen LogP contribution in [0.4, 0.5) is 5.82 Å². The predicted molar refractivity (Wildman–Crippen MR) is 115 cm³/mol. The van der Waals surface area contributed by atoms with E-state index in [4.69, 9.17) is 15.7 Å². The van der Waals surface area contributed by atoms with E-state index in [1.165, 1.54) is 6.20 Å². The summed E-state index contributed by atoms with van der Waals surface area (Å²) in [7, 11) is 0. The summed E-state index contributed by atoms with van der Waals surface area (Å²) < 4.78 is 1.88. The van der Waals surface area contributed by atoms with Crippen LogP contribution in [-0.2, 0) is 13.2 Å². The molecule has 1 aromatic carbocycles. The van der Waals surface area contributed by atoms with Crippen LogP contribution in [0.15, 0.2) is 55.0 Å². The van der Waals surface area contributed by atoms with Crippen LogP contribution < -0.4 is 5.73 Å². The van der Waals surface area contributed by atoms with Gasteiger partial charge in [0, 0.05) is 18.1 Å². The molecular weight excluding hydrogens is 394 g/mol. The molecule has 5 rings (SSSR count). The fourth-order valence-corrected chi connectivity index (χ4v) is 3.34. The summed E-state index contributed by atoms with van der Waals surface area (Å²) in [5.41, 5.74) is 10.8. The second kappa shape index (κ2) is 7.58.